The van der Waals surface area contributed by atoms with E-state index in [-0.39, 0.29) is 5.92 Å². The van der Waals surface area contributed by atoms with Crippen molar-refractivity contribution in [3.8, 4) is 0 Å². The monoisotopic (exact) mass is 326 g/mol. The van der Waals surface area contributed by atoms with Gasteiger partial charge in [0, 0.05) is 0 Å². The molecule has 0 aromatic heterocycles. The maximum absolute atomic E-state index is 12.4. The van der Waals surface area contributed by atoms with E-state index in [4.69, 9.17) is 0 Å². The molecule has 1 atom stereocenters. The van der Waals surface area contributed by atoms with Gasteiger partial charge in [0.05, 0.1) is 0 Å². The van der Waals surface area contributed by atoms with Crippen LogP contribution in [0.5, 0.6) is 0 Å². The zero-order valence-corrected chi connectivity index (χ0v) is 9.79. The van der Waals surface area contributed by atoms with E-state index >= 15 is 0 Å². The topological polar surface area (TPSA) is 9.23 Å². The Morgan fingerprint density at radius 3 is 2.23 bits per heavy atom. The summed E-state index contributed by atoms with van der Waals surface area (Å²) in [5, 5.41) is 0. The van der Waals surface area contributed by atoms with Crippen molar-refractivity contribution in [1.82, 2.24) is 0 Å². The fourth-order valence-corrected chi connectivity index (χ4v) is 3.26. The molecule has 0 aromatic carbocycles. The van der Waals surface area contributed by atoms with Crippen molar-refractivity contribution < 1.29 is 16.2 Å². The van der Waals surface area contributed by atoms with Crippen LogP contribution in [0.1, 0.15) is 12.8 Å². The first kappa shape index (κ1) is 11.9. The Labute approximate surface area is 93.5 Å². The summed E-state index contributed by atoms with van der Waals surface area (Å²) in [7, 11) is 0. The van der Waals surface area contributed by atoms with Crippen LogP contribution in [0.15, 0.2) is 0 Å². The molecule has 6 heteroatoms. The molecule has 0 bridgehead atoms. The first-order valence-corrected chi connectivity index (χ1v) is 6.01. The van der Waals surface area contributed by atoms with Gasteiger partial charge >= 0.3 is 6.18 Å². The summed E-state index contributed by atoms with van der Waals surface area (Å²) in [6, 6.07) is 0. The first-order valence-electron chi connectivity index (χ1n) is 3.97. The quantitative estimate of drug-likeness (QED) is 0.719. The van der Waals surface area contributed by atoms with E-state index in [1.54, 1.807) is 11.8 Å². The van der Waals surface area contributed by atoms with Gasteiger partial charge in [0.25, 0.3) is 0 Å². The van der Waals surface area contributed by atoms with Gasteiger partial charge in [-0.25, -0.2) is 0 Å². The average Bonchev–Trinajstić information content (AvgIpc) is 2.05. The molecule has 0 saturated carbocycles. The highest BCUT2D eigenvalue weighted by molar-refractivity contribution is 14.1. The third-order valence-electron chi connectivity index (χ3n) is 2.11. The van der Waals surface area contributed by atoms with Gasteiger partial charge in [-0.1, -0.05) is 0 Å². The molecule has 1 aliphatic rings. The predicted octanol–water partition coefficient (Wildman–Crippen LogP) is 3.43. The summed E-state index contributed by atoms with van der Waals surface area (Å²) in [4.78, 5) is 0. The summed E-state index contributed by atoms with van der Waals surface area (Å²) in [6.07, 6.45) is -4.57. The standard InChI is InChI=1S/C7H10F3IOS/c8-7(9,10)6(12-11)5-1-3-13-4-2-5/h5-6H,1-4H2. The molecule has 1 rings (SSSR count). The molecule has 78 valence electrons. The van der Waals surface area contributed by atoms with Crippen molar-refractivity contribution >= 4 is 34.8 Å². The largest absolute Gasteiger partial charge is 0.415 e. The number of thioether (sulfide) groups is 1. The van der Waals surface area contributed by atoms with Gasteiger partial charge < -0.3 is 3.07 Å². The molecule has 1 aliphatic heterocycles. The third kappa shape index (κ3) is 3.47. The van der Waals surface area contributed by atoms with Crippen LogP contribution in [0.25, 0.3) is 0 Å². The Kier molecular flexibility index (Phi) is 4.64. The van der Waals surface area contributed by atoms with E-state index in [9.17, 15) is 13.2 Å². The highest BCUT2D eigenvalue weighted by atomic mass is 127. The number of alkyl halides is 3. The van der Waals surface area contributed by atoms with E-state index in [0.29, 0.717) is 12.8 Å². The molecule has 0 aromatic rings. The minimum Gasteiger partial charge on any atom is -0.303 e. The van der Waals surface area contributed by atoms with E-state index in [2.05, 4.69) is 3.07 Å². The van der Waals surface area contributed by atoms with Gasteiger partial charge in [0.15, 0.2) is 6.10 Å². The molecule has 1 fully saturated rings. The second-order valence-electron chi connectivity index (χ2n) is 3.00. The number of hydrogen-bond donors (Lipinski definition) is 0. The molecule has 0 aliphatic carbocycles. The van der Waals surface area contributed by atoms with Crippen LogP contribution in [-0.4, -0.2) is 23.8 Å². The van der Waals surface area contributed by atoms with Crippen LogP contribution in [-0.2, 0) is 3.07 Å². The molecule has 1 saturated heterocycles. The lowest BCUT2D eigenvalue weighted by atomic mass is 9.96. The van der Waals surface area contributed by atoms with Gasteiger partial charge in [-0.05, 0) is 30.3 Å². The molecule has 1 unspecified atom stereocenters. The van der Waals surface area contributed by atoms with Crippen molar-refractivity contribution in [2.75, 3.05) is 11.5 Å². The van der Waals surface area contributed by atoms with Crippen molar-refractivity contribution in [3.63, 3.8) is 0 Å². The second-order valence-corrected chi connectivity index (χ2v) is 4.73. The van der Waals surface area contributed by atoms with Crippen LogP contribution < -0.4 is 0 Å². The maximum Gasteiger partial charge on any atom is 0.415 e. The van der Waals surface area contributed by atoms with Crippen LogP contribution >= 0.6 is 34.8 Å². The van der Waals surface area contributed by atoms with Crippen LogP contribution in [0, 0.1) is 5.92 Å². The van der Waals surface area contributed by atoms with Crippen LogP contribution in [0.3, 0.4) is 0 Å². The lowest BCUT2D eigenvalue weighted by Crippen LogP contribution is -2.38. The molecule has 0 N–H and O–H groups in total. The summed E-state index contributed by atoms with van der Waals surface area (Å²) in [5.74, 6) is 1.28. The van der Waals surface area contributed by atoms with Gasteiger partial charge in [-0.2, -0.15) is 24.9 Å². The lowest BCUT2D eigenvalue weighted by Gasteiger charge is -2.29. The zero-order valence-electron chi connectivity index (χ0n) is 6.81. The van der Waals surface area contributed by atoms with Crippen molar-refractivity contribution in [2.24, 2.45) is 5.92 Å². The molecule has 13 heavy (non-hydrogen) atoms. The Balaban J connectivity index is 2.54. The molecule has 0 amide bonds. The maximum atomic E-state index is 12.4. The fourth-order valence-electron chi connectivity index (χ4n) is 1.41. The van der Waals surface area contributed by atoms with Crippen molar-refractivity contribution in [3.05, 3.63) is 0 Å². The second kappa shape index (κ2) is 5.06. The van der Waals surface area contributed by atoms with Gasteiger partial charge in [0.1, 0.15) is 23.0 Å². The van der Waals surface area contributed by atoms with E-state index in [0.717, 1.165) is 11.5 Å². The Morgan fingerprint density at radius 2 is 1.85 bits per heavy atom. The van der Waals surface area contributed by atoms with Crippen molar-refractivity contribution in [1.29, 1.82) is 0 Å². The zero-order chi connectivity index (χ0) is 9.90. The summed E-state index contributed by atoms with van der Waals surface area (Å²) < 4.78 is 41.6. The van der Waals surface area contributed by atoms with Gasteiger partial charge in [-0.15, -0.1) is 0 Å². The van der Waals surface area contributed by atoms with Gasteiger partial charge in [0.2, 0.25) is 0 Å². The molecular weight excluding hydrogens is 316 g/mol. The van der Waals surface area contributed by atoms with E-state index < -0.39 is 12.3 Å². The SMILES string of the molecule is FC(F)(F)C(OI)C1CCSCC1. The number of hydrogen-bond acceptors (Lipinski definition) is 2. The molecule has 1 heterocycles. The Hall–Kier alpha value is 0.830. The molecule has 0 radical (unpaired) electrons. The Morgan fingerprint density at radius 1 is 1.31 bits per heavy atom. The third-order valence-corrected chi connectivity index (χ3v) is 3.71. The van der Waals surface area contributed by atoms with Crippen LogP contribution in [0.2, 0.25) is 0 Å². The predicted molar refractivity (Wildman–Crippen MR) is 55.0 cm³/mol. The normalized spacial score (nSPS) is 23.1. The minimum atomic E-state index is -4.21. The van der Waals surface area contributed by atoms with E-state index in [1.807, 2.05) is 0 Å². The summed E-state index contributed by atoms with van der Waals surface area (Å²) in [5.41, 5.74) is 0. The summed E-state index contributed by atoms with van der Waals surface area (Å²) >= 11 is 3.06. The van der Waals surface area contributed by atoms with Gasteiger partial charge in [-0.3, -0.25) is 0 Å². The lowest BCUT2D eigenvalue weighted by molar-refractivity contribution is -0.201. The van der Waals surface area contributed by atoms with Crippen LogP contribution in [0.4, 0.5) is 13.2 Å². The molecule has 1 nitrogen and oxygen atoms in total. The van der Waals surface area contributed by atoms with Crippen molar-refractivity contribution in [2.45, 2.75) is 25.1 Å². The fraction of sp³-hybridized carbons (Fsp3) is 1.00. The smallest absolute Gasteiger partial charge is 0.303 e. The highest BCUT2D eigenvalue weighted by Crippen LogP contribution is 2.36. The number of rotatable bonds is 2. The Bertz CT molecular complexity index is 158. The summed E-state index contributed by atoms with van der Waals surface area (Å²) in [6.45, 7) is 0. The molecular formula is C7H10F3IOS. The highest BCUT2D eigenvalue weighted by Gasteiger charge is 2.45. The minimum absolute atomic E-state index is 0.349. The molecule has 0 spiro atoms. The van der Waals surface area contributed by atoms with E-state index in [1.165, 1.54) is 23.0 Å². The first-order chi connectivity index (χ1) is 6.05. The average molecular weight is 326 g/mol. The number of halogens is 4.